The highest BCUT2D eigenvalue weighted by atomic mass is 19.1. The molecule has 3 aromatic rings. The Balaban J connectivity index is 1.77. The maximum absolute atomic E-state index is 15.4. The fourth-order valence-corrected chi connectivity index (χ4v) is 4.46. The van der Waals surface area contributed by atoms with E-state index in [0.717, 1.165) is 23.7 Å². The van der Waals surface area contributed by atoms with Gasteiger partial charge in [-0.3, -0.25) is 4.79 Å². The number of methoxy groups -OCH3 is 2. The molecule has 1 aliphatic rings. The first-order chi connectivity index (χ1) is 16.4. The number of pyridine rings is 1. The largest absolute Gasteiger partial charge is 0.495 e. The zero-order valence-electron chi connectivity index (χ0n) is 18.9. The van der Waals surface area contributed by atoms with Gasteiger partial charge < -0.3 is 28.9 Å². The molecule has 2 heterocycles. The molecule has 0 aliphatic carbocycles. The van der Waals surface area contributed by atoms with E-state index in [-0.39, 0.29) is 28.9 Å². The molecule has 0 atom stereocenters. The average molecular weight is 473 g/mol. The molecule has 4 rings (SSSR count). The minimum absolute atomic E-state index is 0.0724. The van der Waals surface area contributed by atoms with Gasteiger partial charge in [-0.2, -0.15) is 0 Å². The van der Waals surface area contributed by atoms with Gasteiger partial charge in [0.2, 0.25) is 5.43 Å². The second kappa shape index (κ2) is 9.58. The lowest BCUT2D eigenvalue weighted by molar-refractivity contribution is 0.0694. The number of halogens is 2. The van der Waals surface area contributed by atoms with Crippen molar-refractivity contribution in [2.45, 2.75) is 6.54 Å². The summed E-state index contributed by atoms with van der Waals surface area (Å²) in [6, 6.07) is 8.67. The van der Waals surface area contributed by atoms with Crippen LogP contribution in [0.2, 0.25) is 0 Å². The first-order valence-corrected chi connectivity index (χ1v) is 10.8. The van der Waals surface area contributed by atoms with E-state index in [1.807, 2.05) is 29.2 Å². The number of aromatic nitrogens is 1. The number of carbonyl (C=O) groups is 1. The molecule has 1 fully saturated rings. The summed E-state index contributed by atoms with van der Waals surface area (Å²) in [6.07, 6.45) is 1.08. The van der Waals surface area contributed by atoms with Crippen molar-refractivity contribution >= 4 is 28.2 Å². The molecule has 180 valence electrons. The number of hydrogen-bond donors (Lipinski definition) is 1. The number of para-hydroxylation sites is 2. The van der Waals surface area contributed by atoms with E-state index in [2.05, 4.69) is 4.90 Å². The molecule has 1 saturated heterocycles. The number of ether oxygens (including phenoxy) is 2. The van der Waals surface area contributed by atoms with Crippen LogP contribution in [0, 0.1) is 5.82 Å². The third-order valence-electron chi connectivity index (χ3n) is 6.03. The zero-order valence-corrected chi connectivity index (χ0v) is 18.9. The summed E-state index contributed by atoms with van der Waals surface area (Å²) in [5.74, 6) is -1.35. The Labute approximate surface area is 194 Å². The number of carboxylic acids is 1. The molecule has 10 heteroatoms. The summed E-state index contributed by atoms with van der Waals surface area (Å²) < 4.78 is 41.0. The summed E-state index contributed by atoms with van der Waals surface area (Å²) >= 11 is 0. The first-order valence-electron chi connectivity index (χ1n) is 10.8. The molecule has 8 nitrogen and oxygen atoms in total. The van der Waals surface area contributed by atoms with E-state index in [0.29, 0.717) is 26.2 Å². The highest BCUT2D eigenvalue weighted by Crippen LogP contribution is 2.39. The van der Waals surface area contributed by atoms with Gasteiger partial charge in [-0.15, -0.1) is 0 Å². The molecule has 34 heavy (non-hydrogen) atoms. The summed E-state index contributed by atoms with van der Waals surface area (Å²) in [6.45, 7) is 1.06. The monoisotopic (exact) mass is 473 g/mol. The molecular weight excluding hydrogens is 448 g/mol. The number of nitrogens with zero attached hydrogens (tertiary/aromatic N) is 3. The Morgan fingerprint density at radius 1 is 1.09 bits per heavy atom. The molecule has 0 unspecified atom stereocenters. The third kappa shape index (κ3) is 4.00. The lowest BCUT2D eigenvalue weighted by Crippen LogP contribution is -2.47. The minimum atomic E-state index is -1.46. The Kier molecular flexibility index (Phi) is 6.58. The van der Waals surface area contributed by atoms with E-state index < -0.39 is 29.5 Å². The second-order valence-electron chi connectivity index (χ2n) is 7.84. The first kappa shape index (κ1) is 23.3. The molecule has 1 aliphatic heterocycles. The molecule has 0 spiro atoms. The highest BCUT2D eigenvalue weighted by molar-refractivity contribution is 5.97. The normalized spacial score (nSPS) is 13.9. The van der Waals surface area contributed by atoms with Gasteiger partial charge in [0, 0.05) is 32.4 Å². The van der Waals surface area contributed by atoms with Gasteiger partial charge in [0.1, 0.15) is 23.7 Å². The van der Waals surface area contributed by atoms with Crippen LogP contribution in [0.15, 0.2) is 41.3 Å². The summed E-state index contributed by atoms with van der Waals surface area (Å²) in [5, 5.41) is 9.21. The van der Waals surface area contributed by atoms with Crippen LogP contribution in [0.3, 0.4) is 0 Å². The van der Waals surface area contributed by atoms with Crippen LogP contribution in [-0.4, -0.2) is 62.7 Å². The lowest BCUT2D eigenvalue weighted by atomic mass is 10.1. The fourth-order valence-electron chi connectivity index (χ4n) is 4.46. The maximum Gasteiger partial charge on any atom is 0.341 e. The summed E-state index contributed by atoms with van der Waals surface area (Å²) in [5.41, 5.74) is -0.139. The van der Waals surface area contributed by atoms with Crippen LogP contribution in [0.1, 0.15) is 10.4 Å². The number of carboxylic acid groups (broad SMARTS) is 1. The number of aryl methyl sites for hydroxylation is 1. The van der Waals surface area contributed by atoms with Crippen molar-refractivity contribution in [1.82, 2.24) is 4.57 Å². The lowest BCUT2D eigenvalue weighted by Gasteiger charge is -2.38. The van der Waals surface area contributed by atoms with Crippen molar-refractivity contribution in [1.29, 1.82) is 0 Å². The highest BCUT2D eigenvalue weighted by Gasteiger charge is 2.28. The fraction of sp³-hybridized carbons (Fsp3) is 0.333. The zero-order chi connectivity index (χ0) is 24.4. The molecule has 0 radical (unpaired) electrons. The van der Waals surface area contributed by atoms with Gasteiger partial charge in [0.25, 0.3) is 0 Å². The molecule has 2 aromatic carbocycles. The Morgan fingerprint density at radius 2 is 1.76 bits per heavy atom. The van der Waals surface area contributed by atoms with Crippen molar-refractivity contribution in [2.75, 3.05) is 56.9 Å². The molecule has 1 N–H and O–H groups in total. The van der Waals surface area contributed by atoms with Gasteiger partial charge in [0.15, 0.2) is 11.6 Å². The summed E-state index contributed by atoms with van der Waals surface area (Å²) in [7, 11) is 2.95. The van der Waals surface area contributed by atoms with Crippen molar-refractivity contribution in [3.63, 3.8) is 0 Å². The van der Waals surface area contributed by atoms with Gasteiger partial charge >= 0.3 is 5.97 Å². The Bertz CT molecular complexity index is 1290. The number of alkyl halides is 1. The van der Waals surface area contributed by atoms with E-state index >= 15 is 4.39 Å². The standard InChI is InChI=1S/C24H25F2N3O5/c1-33-19-6-4-3-5-18(19)27-9-11-28(12-10-27)21-17(26)13-15-20(23(21)34-2)29(8-7-25)14-16(22(15)30)24(31)32/h3-6,13-14H,7-12H2,1-2H3,(H,31,32). The van der Waals surface area contributed by atoms with Crippen molar-refractivity contribution < 1.29 is 28.2 Å². The van der Waals surface area contributed by atoms with Gasteiger partial charge in [-0.1, -0.05) is 12.1 Å². The number of benzene rings is 2. The van der Waals surface area contributed by atoms with E-state index in [9.17, 15) is 19.1 Å². The number of rotatable bonds is 7. The predicted octanol–water partition coefficient (Wildman–Crippen LogP) is 3.15. The topological polar surface area (TPSA) is 84.2 Å². The number of hydrogen-bond acceptors (Lipinski definition) is 6. The van der Waals surface area contributed by atoms with Crippen molar-refractivity contribution in [3.8, 4) is 11.5 Å². The second-order valence-corrected chi connectivity index (χ2v) is 7.84. The maximum atomic E-state index is 15.4. The third-order valence-corrected chi connectivity index (χ3v) is 6.03. The van der Waals surface area contributed by atoms with E-state index in [1.54, 1.807) is 7.11 Å². The quantitative estimate of drug-likeness (QED) is 0.564. The molecular formula is C24H25F2N3O5. The van der Waals surface area contributed by atoms with Crippen LogP contribution in [0.5, 0.6) is 11.5 Å². The number of aromatic carboxylic acids is 1. The number of fused-ring (bicyclic) bond motifs is 1. The van der Waals surface area contributed by atoms with Crippen molar-refractivity contribution in [3.05, 3.63) is 58.1 Å². The van der Waals surface area contributed by atoms with Crippen molar-refractivity contribution in [2.24, 2.45) is 0 Å². The average Bonchev–Trinajstić information content (AvgIpc) is 2.85. The molecule has 1 aromatic heterocycles. The SMILES string of the molecule is COc1ccccc1N1CCN(c2c(F)cc3c(=O)c(C(=O)O)cn(CCF)c3c2OC)CC1. The predicted molar refractivity (Wildman–Crippen MR) is 125 cm³/mol. The Hall–Kier alpha value is -3.82. The molecule has 0 bridgehead atoms. The van der Waals surface area contributed by atoms with Crippen LogP contribution in [0.4, 0.5) is 20.2 Å². The smallest absolute Gasteiger partial charge is 0.341 e. The van der Waals surface area contributed by atoms with E-state index in [1.165, 1.54) is 11.7 Å². The van der Waals surface area contributed by atoms with Crippen LogP contribution < -0.4 is 24.7 Å². The van der Waals surface area contributed by atoms with Gasteiger partial charge in [0.05, 0.1) is 37.4 Å². The number of piperazine rings is 1. The van der Waals surface area contributed by atoms with Gasteiger partial charge in [-0.05, 0) is 18.2 Å². The Morgan fingerprint density at radius 3 is 2.38 bits per heavy atom. The molecule has 0 amide bonds. The van der Waals surface area contributed by atoms with Crippen LogP contribution >= 0.6 is 0 Å². The van der Waals surface area contributed by atoms with Gasteiger partial charge in [-0.25, -0.2) is 13.6 Å². The molecule has 0 saturated carbocycles. The number of anilines is 2. The minimum Gasteiger partial charge on any atom is -0.495 e. The summed E-state index contributed by atoms with van der Waals surface area (Å²) in [4.78, 5) is 28.2. The van der Waals surface area contributed by atoms with Crippen LogP contribution in [0.25, 0.3) is 10.9 Å². The van der Waals surface area contributed by atoms with E-state index in [4.69, 9.17) is 9.47 Å². The van der Waals surface area contributed by atoms with Crippen LogP contribution in [-0.2, 0) is 6.54 Å².